The molecule has 3 aromatic rings. The lowest BCUT2D eigenvalue weighted by Crippen LogP contribution is -2.28. The molecule has 0 fully saturated rings. The van der Waals surface area contributed by atoms with Gasteiger partial charge in [-0.15, -0.1) is 11.3 Å². The maximum absolute atomic E-state index is 5.62. The van der Waals surface area contributed by atoms with Crippen LogP contribution in [-0.4, -0.2) is 15.0 Å². The van der Waals surface area contributed by atoms with Gasteiger partial charge in [-0.2, -0.15) is 15.0 Å². The van der Waals surface area contributed by atoms with E-state index >= 15 is 0 Å². The molecule has 0 saturated heterocycles. The Balaban J connectivity index is 1.93. The Morgan fingerprint density at radius 3 is 2.68 bits per heavy atom. The number of rotatable bonds is 4. The van der Waals surface area contributed by atoms with E-state index in [4.69, 9.17) is 5.84 Å². The van der Waals surface area contributed by atoms with E-state index in [-0.39, 0.29) is 6.04 Å². The van der Waals surface area contributed by atoms with Crippen LogP contribution in [0.25, 0.3) is 5.69 Å². The van der Waals surface area contributed by atoms with Crippen molar-refractivity contribution >= 4 is 11.3 Å². The van der Waals surface area contributed by atoms with Gasteiger partial charge in [-0.3, -0.25) is 5.84 Å². The molecular formula is C13H13N5S. The molecule has 0 spiro atoms. The number of nitrogens with one attached hydrogen (secondary N) is 1. The van der Waals surface area contributed by atoms with Crippen molar-refractivity contribution in [1.29, 1.82) is 0 Å². The summed E-state index contributed by atoms with van der Waals surface area (Å²) in [6.07, 6.45) is 1.73. The number of hydrogen-bond acceptors (Lipinski definition) is 5. The minimum Gasteiger partial charge on any atom is -0.270 e. The van der Waals surface area contributed by atoms with Crippen molar-refractivity contribution in [3.05, 3.63) is 64.6 Å². The summed E-state index contributed by atoms with van der Waals surface area (Å²) < 4.78 is 0. The standard InChI is InChI=1S/C13H13N5S/c14-16-13(12-7-4-8-19-12)11-9-15-18(17-11)10-5-2-1-3-6-10/h1-9,13,16H,14H2. The van der Waals surface area contributed by atoms with Gasteiger partial charge in [0, 0.05) is 4.88 Å². The summed E-state index contributed by atoms with van der Waals surface area (Å²) in [6, 6.07) is 13.7. The van der Waals surface area contributed by atoms with Crippen molar-refractivity contribution in [3.8, 4) is 5.69 Å². The molecule has 2 aromatic heterocycles. The first-order valence-electron chi connectivity index (χ1n) is 5.85. The van der Waals surface area contributed by atoms with Gasteiger partial charge in [-0.1, -0.05) is 24.3 Å². The Morgan fingerprint density at radius 2 is 2.00 bits per heavy atom. The Labute approximate surface area is 114 Å². The second kappa shape index (κ2) is 5.31. The second-order valence-corrected chi connectivity index (χ2v) is 4.99. The van der Waals surface area contributed by atoms with E-state index < -0.39 is 0 Å². The first-order chi connectivity index (χ1) is 9.38. The normalized spacial score (nSPS) is 12.5. The number of para-hydroxylation sites is 1. The number of nitrogens with zero attached hydrogens (tertiary/aromatic N) is 3. The number of nitrogens with two attached hydrogens (primary N) is 1. The van der Waals surface area contributed by atoms with Gasteiger partial charge in [-0.25, -0.2) is 5.43 Å². The molecule has 0 saturated carbocycles. The fourth-order valence-electron chi connectivity index (χ4n) is 1.86. The molecule has 19 heavy (non-hydrogen) atoms. The van der Waals surface area contributed by atoms with Gasteiger partial charge in [0.25, 0.3) is 0 Å². The Hall–Kier alpha value is -2.02. The third-order valence-corrected chi connectivity index (χ3v) is 3.72. The van der Waals surface area contributed by atoms with Crippen LogP contribution in [0.5, 0.6) is 0 Å². The molecule has 0 aliphatic rings. The predicted molar refractivity (Wildman–Crippen MR) is 74.8 cm³/mol. The van der Waals surface area contributed by atoms with Crippen LogP contribution in [0.15, 0.2) is 54.0 Å². The summed E-state index contributed by atoms with van der Waals surface area (Å²) in [5, 5.41) is 10.8. The Kier molecular flexibility index (Phi) is 3.37. The average Bonchev–Trinajstić information content (AvgIpc) is 3.12. The fraction of sp³-hybridized carbons (Fsp3) is 0.0769. The molecule has 1 unspecified atom stereocenters. The molecule has 0 aliphatic carbocycles. The van der Waals surface area contributed by atoms with Crippen LogP contribution in [0.3, 0.4) is 0 Å². The van der Waals surface area contributed by atoms with Crippen molar-refractivity contribution in [2.24, 2.45) is 5.84 Å². The van der Waals surface area contributed by atoms with Crippen molar-refractivity contribution in [2.75, 3.05) is 0 Å². The zero-order chi connectivity index (χ0) is 13.1. The van der Waals surface area contributed by atoms with E-state index in [0.29, 0.717) is 0 Å². The van der Waals surface area contributed by atoms with Crippen molar-refractivity contribution in [2.45, 2.75) is 6.04 Å². The molecule has 5 nitrogen and oxygen atoms in total. The molecule has 0 aliphatic heterocycles. The molecule has 1 aromatic carbocycles. The third kappa shape index (κ3) is 2.41. The Morgan fingerprint density at radius 1 is 1.16 bits per heavy atom. The summed E-state index contributed by atoms with van der Waals surface area (Å²) in [5.74, 6) is 5.62. The maximum atomic E-state index is 5.62. The van der Waals surface area contributed by atoms with Gasteiger partial charge in [0.2, 0.25) is 0 Å². The number of aromatic nitrogens is 3. The highest BCUT2D eigenvalue weighted by molar-refractivity contribution is 7.10. The van der Waals surface area contributed by atoms with E-state index in [2.05, 4.69) is 15.6 Å². The third-order valence-electron chi connectivity index (χ3n) is 2.79. The molecule has 1 atom stereocenters. The van der Waals surface area contributed by atoms with Crippen LogP contribution in [0, 0.1) is 0 Å². The topological polar surface area (TPSA) is 68.8 Å². The second-order valence-electron chi connectivity index (χ2n) is 4.01. The molecule has 96 valence electrons. The van der Waals surface area contributed by atoms with E-state index in [0.717, 1.165) is 16.3 Å². The van der Waals surface area contributed by atoms with Crippen LogP contribution in [0.4, 0.5) is 0 Å². The molecule has 0 bridgehead atoms. The van der Waals surface area contributed by atoms with Gasteiger partial charge >= 0.3 is 0 Å². The van der Waals surface area contributed by atoms with Crippen LogP contribution >= 0.6 is 11.3 Å². The minimum absolute atomic E-state index is 0.127. The molecule has 0 radical (unpaired) electrons. The SMILES string of the molecule is NNC(c1cnn(-c2ccccc2)n1)c1cccs1. The monoisotopic (exact) mass is 271 g/mol. The van der Waals surface area contributed by atoms with E-state index in [1.165, 1.54) is 0 Å². The van der Waals surface area contributed by atoms with E-state index in [1.54, 1.807) is 22.3 Å². The lowest BCUT2D eigenvalue weighted by atomic mass is 10.2. The number of hydrazine groups is 1. The van der Waals surface area contributed by atoms with Crippen LogP contribution in [0.2, 0.25) is 0 Å². The van der Waals surface area contributed by atoms with Crippen LogP contribution < -0.4 is 11.3 Å². The predicted octanol–water partition coefficient (Wildman–Crippen LogP) is 1.88. The number of hydrogen-bond donors (Lipinski definition) is 2. The maximum Gasteiger partial charge on any atom is 0.107 e. The van der Waals surface area contributed by atoms with Gasteiger partial charge in [-0.05, 0) is 23.6 Å². The number of thiophene rings is 1. The Bertz CT molecular complexity index is 632. The molecule has 3 rings (SSSR count). The first-order valence-corrected chi connectivity index (χ1v) is 6.73. The zero-order valence-corrected chi connectivity index (χ0v) is 10.9. The summed E-state index contributed by atoms with van der Waals surface area (Å²) >= 11 is 1.64. The molecule has 0 amide bonds. The largest absolute Gasteiger partial charge is 0.270 e. The van der Waals surface area contributed by atoms with Crippen LogP contribution in [-0.2, 0) is 0 Å². The lowest BCUT2D eigenvalue weighted by Gasteiger charge is -2.10. The lowest BCUT2D eigenvalue weighted by molar-refractivity contribution is 0.617. The summed E-state index contributed by atoms with van der Waals surface area (Å²) in [5.41, 5.74) is 4.51. The summed E-state index contributed by atoms with van der Waals surface area (Å²) in [6.45, 7) is 0. The van der Waals surface area contributed by atoms with Gasteiger partial charge in [0.05, 0.1) is 11.9 Å². The average molecular weight is 271 g/mol. The molecule has 2 heterocycles. The quantitative estimate of drug-likeness (QED) is 0.561. The van der Waals surface area contributed by atoms with Gasteiger partial charge in [0.1, 0.15) is 11.7 Å². The highest BCUT2D eigenvalue weighted by Gasteiger charge is 2.17. The van der Waals surface area contributed by atoms with Crippen LogP contribution in [0.1, 0.15) is 16.6 Å². The van der Waals surface area contributed by atoms with Crippen molar-refractivity contribution in [1.82, 2.24) is 20.4 Å². The molecular weight excluding hydrogens is 258 g/mol. The molecule has 3 N–H and O–H groups in total. The highest BCUT2D eigenvalue weighted by atomic mass is 32.1. The summed E-state index contributed by atoms with van der Waals surface area (Å²) in [7, 11) is 0. The first kappa shape index (κ1) is 12.0. The highest BCUT2D eigenvalue weighted by Crippen LogP contribution is 2.23. The van der Waals surface area contributed by atoms with E-state index in [9.17, 15) is 0 Å². The van der Waals surface area contributed by atoms with Crippen molar-refractivity contribution < 1.29 is 0 Å². The molecule has 6 heteroatoms. The van der Waals surface area contributed by atoms with Gasteiger partial charge < -0.3 is 0 Å². The van der Waals surface area contributed by atoms with E-state index in [1.807, 2.05) is 47.8 Å². The van der Waals surface area contributed by atoms with Gasteiger partial charge in [0.15, 0.2) is 0 Å². The van der Waals surface area contributed by atoms with Crippen molar-refractivity contribution in [3.63, 3.8) is 0 Å². The summed E-state index contributed by atoms with van der Waals surface area (Å²) in [4.78, 5) is 2.72. The zero-order valence-electron chi connectivity index (χ0n) is 10.1. The number of benzene rings is 1. The smallest absolute Gasteiger partial charge is 0.107 e. The minimum atomic E-state index is -0.127. The fourth-order valence-corrected chi connectivity index (χ4v) is 2.66.